The summed E-state index contributed by atoms with van der Waals surface area (Å²) in [6.07, 6.45) is 0.636. The van der Waals surface area contributed by atoms with Crippen LogP contribution in [0, 0.1) is 0 Å². The van der Waals surface area contributed by atoms with Gasteiger partial charge in [0.25, 0.3) is 0 Å². The molecule has 0 bridgehead atoms. The van der Waals surface area contributed by atoms with Gasteiger partial charge in [-0.25, -0.2) is 0 Å². The van der Waals surface area contributed by atoms with E-state index in [1.54, 1.807) is 13.8 Å². The second-order valence-corrected chi connectivity index (χ2v) is 3.81. The van der Waals surface area contributed by atoms with Gasteiger partial charge in [0.2, 0.25) is 0 Å². The van der Waals surface area contributed by atoms with Gasteiger partial charge in [0, 0.05) is 6.61 Å². The minimum Gasteiger partial charge on any atom is -0.465 e. The molecule has 0 aliphatic heterocycles. The quantitative estimate of drug-likeness (QED) is 0.656. The van der Waals surface area contributed by atoms with Crippen LogP contribution in [0.5, 0.6) is 0 Å². The fraction of sp³-hybridized carbons (Fsp3) is 0.900. The number of ether oxygens (including phenoxy) is 2. The van der Waals surface area contributed by atoms with Crippen LogP contribution in [-0.2, 0) is 14.3 Å². The molecule has 1 atom stereocenters. The maximum atomic E-state index is 11.3. The summed E-state index contributed by atoms with van der Waals surface area (Å²) in [7, 11) is 0. The van der Waals surface area contributed by atoms with Crippen molar-refractivity contribution in [2.24, 2.45) is 5.73 Å². The first-order valence-electron chi connectivity index (χ1n) is 4.98. The average molecular weight is 203 g/mol. The van der Waals surface area contributed by atoms with E-state index in [4.69, 9.17) is 15.2 Å². The summed E-state index contributed by atoms with van der Waals surface area (Å²) in [6.45, 7) is 8.14. The van der Waals surface area contributed by atoms with Crippen molar-refractivity contribution in [3.05, 3.63) is 0 Å². The van der Waals surface area contributed by atoms with E-state index in [1.165, 1.54) is 0 Å². The highest BCUT2D eigenvalue weighted by Crippen LogP contribution is 2.09. The molecule has 0 aliphatic carbocycles. The number of rotatable bonds is 6. The van der Waals surface area contributed by atoms with Gasteiger partial charge >= 0.3 is 5.97 Å². The molecule has 0 aromatic heterocycles. The highest BCUT2D eigenvalue weighted by atomic mass is 16.5. The fourth-order valence-corrected chi connectivity index (χ4v) is 0.905. The van der Waals surface area contributed by atoms with Crippen LogP contribution >= 0.6 is 0 Å². The number of nitrogens with two attached hydrogens (primary N) is 1. The molecule has 0 aromatic carbocycles. The van der Waals surface area contributed by atoms with Crippen LogP contribution in [0.2, 0.25) is 0 Å². The van der Waals surface area contributed by atoms with Crippen molar-refractivity contribution in [1.82, 2.24) is 0 Å². The molecule has 0 aromatic rings. The lowest BCUT2D eigenvalue weighted by molar-refractivity contribution is -0.149. The van der Waals surface area contributed by atoms with E-state index in [-0.39, 0.29) is 12.1 Å². The minimum absolute atomic E-state index is 0.160. The Morgan fingerprint density at radius 1 is 1.50 bits per heavy atom. The summed E-state index contributed by atoms with van der Waals surface area (Å²) in [6, 6.07) is 0. The number of hydrogen-bond acceptors (Lipinski definition) is 4. The van der Waals surface area contributed by atoms with Crippen LogP contribution in [-0.4, -0.2) is 30.8 Å². The van der Waals surface area contributed by atoms with Crippen LogP contribution in [0.4, 0.5) is 0 Å². The van der Waals surface area contributed by atoms with Gasteiger partial charge < -0.3 is 15.2 Å². The third kappa shape index (κ3) is 5.19. The third-order valence-electron chi connectivity index (χ3n) is 1.81. The van der Waals surface area contributed by atoms with Gasteiger partial charge in [0.05, 0.1) is 12.7 Å². The van der Waals surface area contributed by atoms with Gasteiger partial charge in [0.15, 0.2) is 0 Å². The molecule has 1 unspecified atom stereocenters. The van der Waals surface area contributed by atoms with Gasteiger partial charge in [0.1, 0.15) is 5.54 Å². The lowest BCUT2D eigenvalue weighted by Gasteiger charge is -2.22. The molecule has 4 nitrogen and oxygen atoms in total. The number of carbonyl (C=O) groups excluding carboxylic acids is 1. The first-order chi connectivity index (χ1) is 6.40. The van der Waals surface area contributed by atoms with Crippen molar-refractivity contribution in [2.45, 2.75) is 45.8 Å². The third-order valence-corrected chi connectivity index (χ3v) is 1.81. The van der Waals surface area contributed by atoms with Crippen molar-refractivity contribution < 1.29 is 14.3 Å². The Balaban J connectivity index is 3.87. The number of hydrogen-bond donors (Lipinski definition) is 1. The molecule has 4 heteroatoms. The van der Waals surface area contributed by atoms with Gasteiger partial charge in [-0.3, -0.25) is 4.79 Å². The van der Waals surface area contributed by atoms with Crippen LogP contribution in [0.1, 0.15) is 34.1 Å². The predicted molar refractivity (Wildman–Crippen MR) is 54.9 cm³/mol. The normalized spacial score (nSPS) is 15.3. The average Bonchev–Trinajstić information content (AvgIpc) is 2.03. The lowest BCUT2D eigenvalue weighted by Crippen LogP contribution is -2.47. The van der Waals surface area contributed by atoms with Crippen LogP contribution in [0.3, 0.4) is 0 Å². The Labute approximate surface area is 85.8 Å². The SMILES string of the molecule is CCOC(=O)C(C)(N)CCOC(C)C. The van der Waals surface area contributed by atoms with E-state index >= 15 is 0 Å². The van der Waals surface area contributed by atoms with Gasteiger partial charge in [-0.2, -0.15) is 0 Å². The topological polar surface area (TPSA) is 61.5 Å². The molecular formula is C10H21NO3. The highest BCUT2D eigenvalue weighted by Gasteiger charge is 2.29. The van der Waals surface area contributed by atoms with E-state index in [0.717, 1.165) is 0 Å². The summed E-state index contributed by atoms with van der Waals surface area (Å²) in [5.74, 6) is -0.368. The van der Waals surface area contributed by atoms with Crippen molar-refractivity contribution in [3.63, 3.8) is 0 Å². The van der Waals surface area contributed by atoms with Crippen molar-refractivity contribution in [1.29, 1.82) is 0 Å². The summed E-state index contributed by atoms with van der Waals surface area (Å²) >= 11 is 0. The first-order valence-corrected chi connectivity index (χ1v) is 4.98. The molecule has 0 fully saturated rings. The summed E-state index contributed by atoms with van der Waals surface area (Å²) in [5, 5.41) is 0. The smallest absolute Gasteiger partial charge is 0.325 e. The first kappa shape index (κ1) is 13.4. The molecule has 0 radical (unpaired) electrons. The summed E-state index contributed by atoms with van der Waals surface area (Å²) in [4.78, 5) is 11.3. The van der Waals surface area contributed by atoms with Crippen LogP contribution in [0.25, 0.3) is 0 Å². The van der Waals surface area contributed by atoms with Gasteiger partial charge in [-0.05, 0) is 34.1 Å². The van der Waals surface area contributed by atoms with Crippen LogP contribution in [0.15, 0.2) is 0 Å². The second kappa shape index (κ2) is 5.98. The minimum atomic E-state index is -0.940. The molecule has 0 saturated carbocycles. The fourth-order valence-electron chi connectivity index (χ4n) is 0.905. The maximum absolute atomic E-state index is 11.3. The predicted octanol–water partition coefficient (Wildman–Crippen LogP) is 1.08. The Kier molecular flexibility index (Phi) is 5.72. The molecule has 0 heterocycles. The Morgan fingerprint density at radius 2 is 2.07 bits per heavy atom. The summed E-state index contributed by atoms with van der Waals surface area (Å²) in [5.41, 5.74) is 4.84. The van der Waals surface area contributed by atoms with Crippen molar-refractivity contribution >= 4 is 5.97 Å². The van der Waals surface area contributed by atoms with Crippen molar-refractivity contribution in [2.75, 3.05) is 13.2 Å². The number of esters is 1. The molecule has 2 N–H and O–H groups in total. The zero-order valence-corrected chi connectivity index (χ0v) is 9.50. The molecule has 84 valence electrons. The second-order valence-electron chi connectivity index (χ2n) is 3.81. The zero-order chi connectivity index (χ0) is 11.2. The Hall–Kier alpha value is -0.610. The van der Waals surface area contributed by atoms with E-state index in [1.807, 2.05) is 13.8 Å². The standard InChI is InChI=1S/C10H21NO3/c1-5-13-9(12)10(4,11)6-7-14-8(2)3/h8H,5-7,11H2,1-4H3. The largest absolute Gasteiger partial charge is 0.465 e. The molecule has 0 spiro atoms. The molecule has 0 aliphatic rings. The molecule has 14 heavy (non-hydrogen) atoms. The van der Waals surface area contributed by atoms with Crippen molar-refractivity contribution in [3.8, 4) is 0 Å². The maximum Gasteiger partial charge on any atom is 0.325 e. The highest BCUT2D eigenvalue weighted by molar-refractivity contribution is 5.79. The van der Waals surface area contributed by atoms with Gasteiger partial charge in [-0.15, -0.1) is 0 Å². The Bertz CT molecular complexity index is 178. The monoisotopic (exact) mass is 203 g/mol. The molecule has 0 amide bonds. The Morgan fingerprint density at radius 3 is 2.50 bits per heavy atom. The van der Waals surface area contributed by atoms with Gasteiger partial charge in [-0.1, -0.05) is 0 Å². The van der Waals surface area contributed by atoms with E-state index in [0.29, 0.717) is 19.6 Å². The zero-order valence-electron chi connectivity index (χ0n) is 9.50. The van der Waals surface area contributed by atoms with E-state index in [2.05, 4.69) is 0 Å². The molecule has 0 saturated heterocycles. The summed E-state index contributed by atoms with van der Waals surface area (Å²) < 4.78 is 10.2. The molecule has 0 rings (SSSR count). The van der Waals surface area contributed by atoms with E-state index < -0.39 is 5.54 Å². The molecular weight excluding hydrogens is 182 g/mol. The lowest BCUT2D eigenvalue weighted by atomic mass is 10.0. The van der Waals surface area contributed by atoms with Crippen LogP contribution < -0.4 is 5.73 Å². The number of carbonyl (C=O) groups is 1. The van der Waals surface area contributed by atoms with E-state index in [9.17, 15) is 4.79 Å².